The zero-order valence-corrected chi connectivity index (χ0v) is 11.6. The van der Waals surface area contributed by atoms with E-state index in [1.165, 1.54) is 71.2 Å². The highest BCUT2D eigenvalue weighted by Crippen LogP contribution is 2.37. The normalized spacial score (nSPS) is 36.0. The fraction of sp³-hybridized carbons (Fsp3) is 1.00. The summed E-state index contributed by atoms with van der Waals surface area (Å²) in [5, 5.41) is 3.47. The quantitative estimate of drug-likeness (QED) is 0.812. The summed E-state index contributed by atoms with van der Waals surface area (Å²) in [7, 11) is 0. The van der Waals surface area contributed by atoms with Crippen molar-refractivity contribution in [3.8, 4) is 0 Å². The van der Waals surface area contributed by atoms with Crippen LogP contribution in [0.2, 0.25) is 0 Å². The lowest BCUT2D eigenvalue weighted by Crippen LogP contribution is -2.49. The summed E-state index contributed by atoms with van der Waals surface area (Å²) in [6, 6.07) is 0. The zero-order valence-electron chi connectivity index (χ0n) is 11.6. The maximum atomic E-state index is 5.76. The van der Waals surface area contributed by atoms with Crippen LogP contribution in [0.5, 0.6) is 0 Å². The van der Waals surface area contributed by atoms with Gasteiger partial charge in [-0.15, -0.1) is 0 Å². The maximum Gasteiger partial charge on any atom is 0.0534 e. The molecule has 3 heteroatoms. The van der Waals surface area contributed by atoms with Gasteiger partial charge in [0.15, 0.2) is 0 Å². The monoisotopic (exact) mass is 252 g/mol. The van der Waals surface area contributed by atoms with Crippen molar-refractivity contribution in [2.45, 2.75) is 38.5 Å². The molecule has 3 rings (SSSR count). The third kappa shape index (κ3) is 3.06. The van der Waals surface area contributed by atoms with E-state index in [4.69, 9.17) is 4.74 Å². The third-order valence-corrected chi connectivity index (χ3v) is 5.12. The summed E-state index contributed by atoms with van der Waals surface area (Å²) < 4.78 is 5.76. The Hall–Kier alpha value is -0.120. The molecule has 1 unspecified atom stereocenters. The van der Waals surface area contributed by atoms with Gasteiger partial charge in [-0.05, 0) is 64.1 Å². The smallest absolute Gasteiger partial charge is 0.0534 e. The predicted octanol–water partition coefficient (Wildman–Crippen LogP) is 1.88. The number of hydrogen-bond donors (Lipinski definition) is 1. The maximum absolute atomic E-state index is 5.76. The SMILES string of the molecule is C1COCC2(C1)CCCN(CC1CCNCC1)C2. The van der Waals surface area contributed by atoms with Crippen molar-refractivity contribution in [2.24, 2.45) is 11.3 Å². The van der Waals surface area contributed by atoms with E-state index in [2.05, 4.69) is 10.2 Å². The number of nitrogens with zero attached hydrogens (tertiary/aromatic N) is 1. The van der Waals surface area contributed by atoms with Gasteiger partial charge in [-0.1, -0.05) is 0 Å². The summed E-state index contributed by atoms with van der Waals surface area (Å²) in [6.45, 7) is 8.44. The number of hydrogen-bond acceptors (Lipinski definition) is 3. The van der Waals surface area contributed by atoms with Crippen LogP contribution in [0.15, 0.2) is 0 Å². The van der Waals surface area contributed by atoms with Crippen LogP contribution in [0.3, 0.4) is 0 Å². The predicted molar refractivity (Wildman–Crippen MR) is 73.8 cm³/mol. The molecule has 1 N–H and O–H groups in total. The third-order valence-electron chi connectivity index (χ3n) is 5.12. The first-order valence-electron chi connectivity index (χ1n) is 7.87. The van der Waals surface area contributed by atoms with Gasteiger partial charge in [0.2, 0.25) is 0 Å². The van der Waals surface area contributed by atoms with E-state index in [9.17, 15) is 0 Å². The lowest BCUT2D eigenvalue weighted by molar-refractivity contribution is -0.0519. The van der Waals surface area contributed by atoms with Crippen molar-refractivity contribution in [1.29, 1.82) is 0 Å². The van der Waals surface area contributed by atoms with Crippen molar-refractivity contribution in [2.75, 3.05) is 45.9 Å². The first kappa shape index (κ1) is 12.9. The van der Waals surface area contributed by atoms with Crippen LogP contribution >= 0.6 is 0 Å². The molecule has 0 bridgehead atoms. The molecule has 0 aliphatic carbocycles. The summed E-state index contributed by atoms with van der Waals surface area (Å²) in [5.74, 6) is 0.936. The number of ether oxygens (including phenoxy) is 1. The molecule has 0 saturated carbocycles. The standard InChI is InChI=1S/C15H28N2O/c1-5-15(6-2-10-18-13-15)12-17(9-1)11-14-3-7-16-8-4-14/h14,16H,1-13H2. The molecule has 3 fully saturated rings. The van der Waals surface area contributed by atoms with E-state index in [0.717, 1.165) is 19.1 Å². The fourth-order valence-corrected chi connectivity index (χ4v) is 4.13. The molecular formula is C15H28N2O. The second-order valence-electron chi connectivity index (χ2n) is 6.69. The Labute approximate surface area is 111 Å². The van der Waals surface area contributed by atoms with E-state index < -0.39 is 0 Å². The Morgan fingerprint density at radius 3 is 2.78 bits per heavy atom. The minimum atomic E-state index is 0.517. The topological polar surface area (TPSA) is 24.5 Å². The van der Waals surface area contributed by atoms with Gasteiger partial charge < -0.3 is 15.0 Å². The summed E-state index contributed by atoms with van der Waals surface area (Å²) in [4.78, 5) is 2.74. The Bertz CT molecular complexity index is 252. The molecule has 3 aliphatic rings. The van der Waals surface area contributed by atoms with Gasteiger partial charge in [0.05, 0.1) is 6.61 Å². The molecule has 0 aromatic rings. The molecule has 0 aromatic carbocycles. The van der Waals surface area contributed by atoms with Crippen LogP contribution in [0, 0.1) is 11.3 Å². The van der Waals surface area contributed by atoms with E-state index in [1.54, 1.807) is 0 Å². The first-order chi connectivity index (χ1) is 8.86. The zero-order chi connectivity index (χ0) is 12.3. The number of rotatable bonds is 2. The van der Waals surface area contributed by atoms with Gasteiger partial charge in [0.25, 0.3) is 0 Å². The van der Waals surface area contributed by atoms with Crippen LogP contribution in [-0.2, 0) is 4.74 Å². The minimum Gasteiger partial charge on any atom is -0.381 e. The molecule has 1 atom stereocenters. The highest BCUT2D eigenvalue weighted by Gasteiger charge is 2.37. The molecule has 18 heavy (non-hydrogen) atoms. The average Bonchev–Trinajstić information content (AvgIpc) is 2.41. The van der Waals surface area contributed by atoms with Crippen LogP contribution < -0.4 is 5.32 Å². The largest absolute Gasteiger partial charge is 0.381 e. The lowest BCUT2D eigenvalue weighted by atomic mass is 9.75. The van der Waals surface area contributed by atoms with Gasteiger partial charge in [-0.25, -0.2) is 0 Å². The highest BCUT2D eigenvalue weighted by atomic mass is 16.5. The molecular weight excluding hydrogens is 224 g/mol. The van der Waals surface area contributed by atoms with Crippen molar-refractivity contribution in [1.82, 2.24) is 10.2 Å². The molecule has 0 radical (unpaired) electrons. The number of nitrogens with one attached hydrogen (secondary N) is 1. The van der Waals surface area contributed by atoms with E-state index >= 15 is 0 Å². The van der Waals surface area contributed by atoms with Crippen LogP contribution in [0.25, 0.3) is 0 Å². The van der Waals surface area contributed by atoms with Crippen LogP contribution in [-0.4, -0.2) is 50.8 Å². The van der Waals surface area contributed by atoms with E-state index in [1.807, 2.05) is 0 Å². The Balaban J connectivity index is 1.52. The number of likely N-dealkylation sites (tertiary alicyclic amines) is 1. The lowest BCUT2D eigenvalue weighted by Gasteiger charge is -2.46. The van der Waals surface area contributed by atoms with Gasteiger partial charge in [-0.2, -0.15) is 0 Å². The van der Waals surface area contributed by atoms with E-state index in [0.29, 0.717) is 5.41 Å². The number of piperidine rings is 2. The Kier molecular flexibility index (Phi) is 4.22. The van der Waals surface area contributed by atoms with Crippen molar-refractivity contribution >= 4 is 0 Å². The molecule has 3 aliphatic heterocycles. The first-order valence-corrected chi connectivity index (χ1v) is 7.87. The summed E-state index contributed by atoms with van der Waals surface area (Å²) in [5.41, 5.74) is 0.517. The summed E-state index contributed by atoms with van der Waals surface area (Å²) >= 11 is 0. The minimum absolute atomic E-state index is 0.517. The van der Waals surface area contributed by atoms with Gasteiger partial charge in [0.1, 0.15) is 0 Å². The molecule has 3 saturated heterocycles. The average molecular weight is 252 g/mol. The molecule has 104 valence electrons. The molecule has 0 amide bonds. The fourth-order valence-electron chi connectivity index (χ4n) is 4.13. The molecule has 3 heterocycles. The van der Waals surface area contributed by atoms with Crippen molar-refractivity contribution in [3.63, 3.8) is 0 Å². The molecule has 3 nitrogen and oxygen atoms in total. The molecule has 0 aromatic heterocycles. The molecule has 1 spiro atoms. The van der Waals surface area contributed by atoms with Crippen molar-refractivity contribution < 1.29 is 4.74 Å². The second-order valence-corrected chi connectivity index (χ2v) is 6.69. The van der Waals surface area contributed by atoms with Crippen LogP contribution in [0.4, 0.5) is 0 Å². The second kappa shape index (κ2) is 5.89. The Morgan fingerprint density at radius 2 is 2.00 bits per heavy atom. The van der Waals surface area contributed by atoms with Gasteiger partial charge in [0, 0.05) is 25.1 Å². The van der Waals surface area contributed by atoms with Gasteiger partial charge >= 0.3 is 0 Å². The van der Waals surface area contributed by atoms with E-state index in [-0.39, 0.29) is 0 Å². The van der Waals surface area contributed by atoms with Gasteiger partial charge in [-0.3, -0.25) is 0 Å². The van der Waals surface area contributed by atoms with Crippen molar-refractivity contribution in [3.05, 3.63) is 0 Å². The van der Waals surface area contributed by atoms with Crippen LogP contribution in [0.1, 0.15) is 38.5 Å². The highest BCUT2D eigenvalue weighted by molar-refractivity contribution is 4.89. The summed E-state index contributed by atoms with van der Waals surface area (Å²) in [6.07, 6.45) is 8.21. The Morgan fingerprint density at radius 1 is 1.17 bits per heavy atom.